The summed E-state index contributed by atoms with van der Waals surface area (Å²) >= 11 is 0. The summed E-state index contributed by atoms with van der Waals surface area (Å²) in [5.41, 5.74) is 6.48. The van der Waals surface area contributed by atoms with Crippen molar-refractivity contribution in [3.8, 4) is 5.75 Å². The van der Waals surface area contributed by atoms with Crippen LogP contribution in [0.3, 0.4) is 0 Å². The Morgan fingerprint density at radius 1 is 0.714 bits per heavy atom. The van der Waals surface area contributed by atoms with Crippen LogP contribution in [0.1, 0.15) is 50.3 Å². The largest absolute Gasteiger partial charge is 0.494 e. The van der Waals surface area contributed by atoms with E-state index in [1.807, 2.05) is 0 Å². The third-order valence-electron chi connectivity index (χ3n) is 4.71. The lowest BCUT2D eigenvalue weighted by atomic mass is 9.85. The fraction of sp³-hybridized carbons (Fsp3) is 0.259. The van der Waals surface area contributed by atoms with Gasteiger partial charge in [-0.05, 0) is 58.7 Å². The van der Waals surface area contributed by atoms with Crippen molar-refractivity contribution in [1.29, 1.82) is 0 Å². The van der Waals surface area contributed by atoms with Gasteiger partial charge in [-0.2, -0.15) is 0 Å². The van der Waals surface area contributed by atoms with Gasteiger partial charge < -0.3 is 4.74 Å². The molecule has 0 fully saturated rings. The minimum atomic E-state index is 0.570. The first-order valence-corrected chi connectivity index (χ1v) is 10.3. The highest BCUT2D eigenvalue weighted by molar-refractivity contribution is 5.98. The fourth-order valence-corrected chi connectivity index (χ4v) is 3.47. The van der Waals surface area contributed by atoms with Gasteiger partial charge in [0.1, 0.15) is 5.75 Å². The lowest BCUT2D eigenvalue weighted by Gasteiger charge is -2.19. The minimum absolute atomic E-state index is 0.570. The Labute approximate surface area is 169 Å². The van der Waals surface area contributed by atoms with Crippen molar-refractivity contribution in [3.05, 3.63) is 102 Å². The van der Waals surface area contributed by atoms with Gasteiger partial charge in [-0.3, -0.25) is 0 Å². The number of hydrogen-bond donors (Lipinski definition) is 0. The van der Waals surface area contributed by atoms with Crippen LogP contribution in [-0.4, -0.2) is 6.61 Å². The molecular weight excluding hydrogens is 340 g/mol. The highest BCUT2D eigenvalue weighted by Gasteiger charge is 2.15. The van der Waals surface area contributed by atoms with Gasteiger partial charge in [-0.1, -0.05) is 93.6 Å². The summed E-state index contributed by atoms with van der Waals surface area (Å²) in [6, 6.07) is 30.1. The SMILES string of the molecule is CCCOc1ccc(/C(=C(/CC(C)C)c2ccccc2)c2ccccc2)cc1. The van der Waals surface area contributed by atoms with E-state index in [0.717, 1.165) is 25.2 Å². The molecule has 144 valence electrons. The van der Waals surface area contributed by atoms with Crippen LogP contribution < -0.4 is 4.74 Å². The molecule has 0 spiro atoms. The minimum Gasteiger partial charge on any atom is -0.494 e. The maximum absolute atomic E-state index is 5.79. The van der Waals surface area contributed by atoms with E-state index in [4.69, 9.17) is 4.74 Å². The molecule has 0 radical (unpaired) electrons. The predicted molar refractivity (Wildman–Crippen MR) is 120 cm³/mol. The van der Waals surface area contributed by atoms with Gasteiger partial charge in [0.25, 0.3) is 0 Å². The van der Waals surface area contributed by atoms with Crippen LogP contribution in [0.5, 0.6) is 5.75 Å². The van der Waals surface area contributed by atoms with Crippen LogP contribution in [0.15, 0.2) is 84.9 Å². The molecule has 0 aromatic heterocycles. The van der Waals surface area contributed by atoms with Crippen LogP contribution in [-0.2, 0) is 0 Å². The zero-order valence-electron chi connectivity index (χ0n) is 17.2. The van der Waals surface area contributed by atoms with Crippen LogP contribution >= 0.6 is 0 Å². The van der Waals surface area contributed by atoms with Crippen LogP contribution in [0, 0.1) is 5.92 Å². The monoisotopic (exact) mass is 370 g/mol. The summed E-state index contributed by atoms with van der Waals surface area (Å²) in [6.45, 7) is 7.45. The number of rotatable bonds is 8. The highest BCUT2D eigenvalue weighted by Crippen LogP contribution is 2.36. The van der Waals surface area contributed by atoms with Crippen molar-refractivity contribution in [3.63, 3.8) is 0 Å². The molecule has 0 aliphatic rings. The molecule has 0 atom stereocenters. The lowest BCUT2D eigenvalue weighted by Crippen LogP contribution is -2.00. The summed E-state index contributed by atoms with van der Waals surface area (Å²) in [4.78, 5) is 0. The zero-order valence-corrected chi connectivity index (χ0v) is 17.2. The van der Waals surface area contributed by atoms with E-state index in [1.54, 1.807) is 0 Å². The van der Waals surface area contributed by atoms with Crippen LogP contribution in [0.2, 0.25) is 0 Å². The molecule has 3 aromatic carbocycles. The average molecular weight is 371 g/mol. The molecule has 0 saturated heterocycles. The molecular formula is C27H30O. The molecule has 0 aliphatic carbocycles. The second kappa shape index (κ2) is 9.94. The van der Waals surface area contributed by atoms with E-state index in [0.29, 0.717) is 5.92 Å². The summed E-state index contributed by atoms with van der Waals surface area (Å²) in [5.74, 6) is 1.50. The molecule has 0 N–H and O–H groups in total. The number of hydrogen-bond acceptors (Lipinski definition) is 1. The number of ether oxygens (including phenoxy) is 1. The third kappa shape index (κ3) is 5.13. The smallest absolute Gasteiger partial charge is 0.119 e. The van der Waals surface area contributed by atoms with E-state index in [-0.39, 0.29) is 0 Å². The van der Waals surface area contributed by atoms with Crippen molar-refractivity contribution in [2.75, 3.05) is 6.61 Å². The summed E-state index contributed by atoms with van der Waals surface area (Å²) in [6.07, 6.45) is 2.05. The lowest BCUT2D eigenvalue weighted by molar-refractivity contribution is 0.317. The Bertz CT molecular complexity index is 875. The van der Waals surface area contributed by atoms with Crippen LogP contribution in [0.25, 0.3) is 11.1 Å². The Kier molecular flexibility index (Phi) is 7.08. The first-order valence-electron chi connectivity index (χ1n) is 10.3. The summed E-state index contributed by atoms with van der Waals surface area (Å²) in [5, 5.41) is 0. The van der Waals surface area contributed by atoms with Crippen LogP contribution in [0.4, 0.5) is 0 Å². The molecule has 0 saturated carbocycles. The molecule has 0 bridgehead atoms. The summed E-state index contributed by atoms with van der Waals surface area (Å²) in [7, 11) is 0. The Morgan fingerprint density at radius 2 is 1.25 bits per heavy atom. The Balaban J connectivity index is 2.16. The summed E-state index contributed by atoms with van der Waals surface area (Å²) < 4.78 is 5.79. The standard InChI is InChI=1S/C27H30O/c1-4-19-28-25-17-15-24(16-18-25)27(23-13-9-6-10-14-23)26(20-21(2)3)22-11-7-5-8-12-22/h5-18,21H,4,19-20H2,1-3H3/b27-26-. The first kappa shape index (κ1) is 19.9. The Hall–Kier alpha value is -2.80. The van der Waals surface area contributed by atoms with Crippen molar-refractivity contribution < 1.29 is 4.74 Å². The third-order valence-corrected chi connectivity index (χ3v) is 4.71. The maximum atomic E-state index is 5.79. The van der Waals surface area contributed by atoms with E-state index < -0.39 is 0 Å². The number of allylic oxidation sites excluding steroid dienone is 1. The molecule has 1 heteroatoms. The van der Waals surface area contributed by atoms with Crippen molar-refractivity contribution in [2.24, 2.45) is 5.92 Å². The second-order valence-corrected chi connectivity index (χ2v) is 7.56. The molecule has 1 nitrogen and oxygen atoms in total. The van der Waals surface area contributed by atoms with E-state index >= 15 is 0 Å². The quantitative estimate of drug-likeness (QED) is 0.373. The molecule has 0 heterocycles. The molecule has 0 unspecified atom stereocenters. The first-order chi connectivity index (χ1) is 13.7. The molecule has 3 rings (SSSR count). The van der Waals surface area contributed by atoms with Gasteiger partial charge in [-0.25, -0.2) is 0 Å². The van der Waals surface area contributed by atoms with Crippen molar-refractivity contribution >= 4 is 11.1 Å². The van der Waals surface area contributed by atoms with Crippen molar-refractivity contribution in [1.82, 2.24) is 0 Å². The van der Waals surface area contributed by atoms with E-state index in [2.05, 4.69) is 106 Å². The molecule has 3 aromatic rings. The average Bonchev–Trinajstić information content (AvgIpc) is 2.74. The highest BCUT2D eigenvalue weighted by atomic mass is 16.5. The second-order valence-electron chi connectivity index (χ2n) is 7.56. The van der Waals surface area contributed by atoms with Gasteiger partial charge in [0.05, 0.1) is 6.61 Å². The number of benzene rings is 3. The fourth-order valence-electron chi connectivity index (χ4n) is 3.47. The molecule has 0 amide bonds. The Morgan fingerprint density at radius 3 is 1.79 bits per heavy atom. The molecule has 28 heavy (non-hydrogen) atoms. The normalized spacial score (nSPS) is 12.0. The van der Waals surface area contributed by atoms with E-state index in [9.17, 15) is 0 Å². The maximum Gasteiger partial charge on any atom is 0.119 e. The topological polar surface area (TPSA) is 9.23 Å². The van der Waals surface area contributed by atoms with Gasteiger partial charge in [0.2, 0.25) is 0 Å². The van der Waals surface area contributed by atoms with Crippen molar-refractivity contribution in [2.45, 2.75) is 33.6 Å². The van der Waals surface area contributed by atoms with Gasteiger partial charge in [0.15, 0.2) is 0 Å². The predicted octanol–water partition coefficient (Wildman–Crippen LogP) is 7.48. The van der Waals surface area contributed by atoms with Gasteiger partial charge in [0, 0.05) is 0 Å². The van der Waals surface area contributed by atoms with Gasteiger partial charge >= 0.3 is 0 Å². The van der Waals surface area contributed by atoms with E-state index in [1.165, 1.54) is 27.8 Å². The zero-order chi connectivity index (χ0) is 19.8. The molecule has 0 aliphatic heterocycles. The van der Waals surface area contributed by atoms with Gasteiger partial charge in [-0.15, -0.1) is 0 Å².